The summed E-state index contributed by atoms with van der Waals surface area (Å²) in [5.41, 5.74) is 2.53. The normalized spacial score (nSPS) is 8.44. The van der Waals surface area contributed by atoms with Crippen molar-refractivity contribution >= 4 is 30.7 Å². The molecule has 0 atom stereocenters. The van der Waals surface area contributed by atoms with Gasteiger partial charge >= 0.3 is 0 Å². The minimum Gasteiger partial charge on any atom is -0.355 e. The van der Waals surface area contributed by atoms with E-state index in [-0.39, 0.29) is 5.91 Å². The molecular weight excluding hydrogens is 218 g/mol. The van der Waals surface area contributed by atoms with Gasteiger partial charge in [0.25, 0.3) is 5.91 Å². The van der Waals surface area contributed by atoms with Crippen LogP contribution in [0.15, 0.2) is 31.4 Å². The van der Waals surface area contributed by atoms with Crippen molar-refractivity contribution in [1.82, 2.24) is 5.32 Å². The Morgan fingerprint density at radius 1 is 1.25 bits per heavy atom. The van der Waals surface area contributed by atoms with Gasteiger partial charge in [0.15, 0.2) is 0 Å². The SMILES string of the molecule is C=Cc1ccc(C(=O)NC)cc1C=C.CS. The van der Waals surface area contributed by atoms with E-state index in [1.165, 1.54) is 0 Å². The maximum absolute atomic E-state index is 11.3. The Kier molecular flexibility index (Phi) is 7.05. The molecule has 86 valence electrons. The maximum atomic E-state index is 11.3. The van der Waals surface area contributed by atoms with Crippen molar-refractivity contribution < 1.29 is 4.79 Å². The molecule has 0 aliphatic carbocycles. The van der Waals surface area contributed by atoms with E-state index < -0.39 is 0 Å². The molecule has 3 heteroatoms. The molecule has 0 radical (unpaired) electrons. The van der Waals surface area contributed by atoms with E-state index in [1.54, 1.807) is 37.6 Å². The maximum Gasteiger partial charge on any atom is 0.251 e. The van der Waals surface area contributed by atoms with E-state index >= 15 is 0 Å². The molecule has 0 aromatic heterocycles. The minimum absolute atomic E-state index is 0.0938. The molecule has 0 heterocycles. The summed E-state index contributed by atoms with van der Waals surface area (Å²) in [7, 11) is 1.61. The van der Waals surface area contributed by atoms with Gasteiger partial charge in [-0.15, -0.1) is 0 Å². The predicted octanol–water partition coefficient (Wildman–Crippen LogP) is 2.88. The van der Waals surface area contributed by atoms with Gasteiger partial charge < -0.3 is 5.32 Å². The van der Waals surface area contributed by atoms with Crippen LogP contribution in [0.25, 0.3) is 12.2 Å². The minimum atomic E-state index is -0.0938. The van der Waals surface area contributed by atoms with Crippen LogP contribution in [0.3, 0.4) is 0 Å². The molecule has 1 rings (SSSR count). The molecule has 0 spiro atoms. The fourth-order valence-corrected chi connectivity index (χ4v) is 1.22. The van der Waals surface area contributed by atoms with Crippen molar-refractivity contribution in [1.29, 1.82) is 0 Å². The van der Waals surface area contributed by atoms with Gasteiger partial charge in [0, 0.05) is 12.6 Å². The fourth-order valence-electron chi connectivity index (χ4n) is 1.22. The molecule has 0 unspecified atom stereocenters. The largest absolute Gasteiger partial charge is 0.355 e. The molecule has 1 aromatic carbocycles. The van der Waals surface area contributed by atoms with Crippen LogP contribution < -0.4 is 5.32 Å². The summed E-state index contributed by atoms with van der Waals surface area (Å²) in [6.07, 6.45) is 5.15. The Morgan fingerprint density at radius 2 is 1.81 bits per heavy atom. The van der Waals surface area contributed by atoms with Crippen LogP contribution in [-0.4, -0.2) is 19.2 Å². The summed E-state index contributed by atoms with van der Waals surface area (Å²) in [5.74, 6) is -0.0938. The lowest BCUT2D eigenvalue weighted by molar-refractivity contribution is 0.0963. The standard InChI is InChI=1S/C12H13NO.CH4S/c1-4-9-6-7-11(12(14)13-3)8-10(9)5-2;1-2/h4-8H,1-2H2,3H3,(H,13,14);2H,1H3. The molecule has 1 amide bonds. The number of amides is 1. The number of hydrogen-bond donors (Lipinski definition) is 2. The smallest absolute Gasteiger partial charge is 0.251 e. The van der Waals surface area contributed by atoms with Crippen molar-refractivity contribution in [3.05, 3.63) is 48.0 Å². The first-order valence-corrected chi connectivity index (χ1v) is 5.68. The van der Waals surface area contributed by atoms with Gasteiger partial charge in [-0.1, -0.05) is 31.4 Å². The second-order valence-electron chi connectivity index (χ2n) is 2.83. The van der Waals surface area contributed by atoms with Crippen LogP contribution in [0, 0.1) is 0 Å². The van der Waals surface area contributed by atoms with Gasteiger partial charge in [-0.05, 0) is 29.5 Å². The van der Waals surface area contributed by atoms with E-state index in [9.17, 15) is 4.79 Å². The second-order valence-corrected chi connectivity index (χ2v) is 2.83. The zero-order valence-electron chi connectivity index (χ0n) is 9.66. The Bertz CT molecular complexity index is 386. The fraction of sp³-hybridized carbons (Fsp3) is 0.154. The van der Waals surface area contributed by atoms with Crippen LogP contribution in [0.1, 0.15) is 21.5 Å². The predicted molar refractivity (Wildman–Crippen MR) is 74.9 cm³/mol. The van der Waals surface area contributed by atoms with Gasteiger partial charge in [-0.2, -0.15) is 12.6 Å². The Labute approximate surface area is 102 Å². The second kappa shape index (κ2) is 7.77. The average Bonchev–Trinajstić information content (AvgIpc) is 2.39. The summed E-state index contributed by atoms with van der Waals surface area (Å²) < 4.78 is 0. The highest BCUT2D eigenvalue weighted by Crippen LogP contribution is 2.14. The first-order chi connectivity index (χ1) is 7.72. The molecule has 0 aliphatic heterocycles. The quantitative estimate of drug-likeness (QED) is 0.775. The van der Waals surface area contributed by atoms with Gasteiger partial charge in [-0.3, -0.25) is 4.79 Å². The third kappa shape index (κ3) is 3.59. The van der Waals surface area contributed by atoms with Crippen molar-refractivity contribution in [2.24, 2.45) is 0 Å². The molecular formula is C13H17NOS. The molecule has 0 aliphatic rings. The van der Waals surface area contributed by atoms with Crippen LogP contribution in [-0.2, 0) is 0 Å². The average molecular weight is 235 g/mol. The van der Waals surface area contributed by atoms with E-state index in [1.807, 2.05) is 6.07 Å². The molecule has 16 heavy (non-hydrogen) atoms. The van der Waals surface area contributed by atoms with Gasteiger partial charge in [-0.25, -0.2) is 0 Å². The van der Waals surface area contributed by atoms with Gasteiger partial charge in [0.05, 0.1) is 0 Å². The van der Waals surface area contributed by atoms with Gasteiger partial charge in [0.1, 0.15) is 0 Å². The molecule has 0 saturated carbocycles. The van der Waals surface area contributed by atoms with Crippen molar-refractivity contribution in [3.8, 4) is 0 Å². The van der Waals surface area contributed by atoms with E-state index in [4.69, 9.17) is 0 Å². The Balaban J connectivity index is 0.00000106. The lowest BCUT2D eigenvalue weighted by atomic mass is 10.0. The third-order valence-electron chi connectivity index (χ3n) is 2.02. The third-order valence-corrected chi connectivity index (χ3v) is 2.02. The van der Waals surface area contributed by atoms with Crippen LogP contribution in [0.4, 0.5) is 0 Å². The number of thiol groups is 1. The number of nitrogens with one attached hydrogen (secondary N) is 1. The van der Waals surface area contributed by atoms with Crippen molar-refractivity contribution in [2.75, 3.05) is 13.3 Å². The molecule has 0 bridgehead atoms. The van der Waals surface area contributed by atoms with Gasteiger partial charge in [0.2, 0.25) is 0 Å². The molecule has 0 fully saturated rings. The number of benzene rings is 1. The zero-order valence-corrected chi connectivity index (χ0v) is 10.6. The zero-order chi connectivity index (χ0) is 12.6. The van der Waals surface area contributed by atoms with Crippen molar-refractivity contribution in [2.45, 2.75) is 0 Å². The van der Waals surface area contributed by atoms with E-state index in [0.717, 1.165) is 11.1 Å². The monoisotopic (exact) mass is 235 g/mol. The first kappa shape index (κ1) is 14.5. The highest BCUT2D eigenvalue weighted by molar-refractivity contribution is 7.79. The molecule has 1 N–H and O–H groups in total. The summed E-state index contributed by atoms with van der Waals surface area (Å²) in [6, 6.07) is 5.42. The topological polar surface area (TPSA) is 29.1 Å². The number of carbonyl (C=O) groups is 1. The highest BCUT2D eigenvalue weighted by atomic mass is 32.1. The first-order valence-electron chi connectivity index (χ1n) is 4.78. The number of hydrogen-bond acceptors (Lipinski definition) is 2. The number of rotatable bonds is 3. The molecule has 1 aromatic rings. The summed E-state index contributed by atoms with van der Waals surface area (Å²) in [6.45, 7) is 7.37. The summed E-state index contributed by atoms with van der Waals surface area (Å²) >= 11 is 3.53. The van der Waals surface area contributed by atoms with Crippen LogP contribution in [0.2, 0.25) is 0 Å². The highest BCUT2D eigenvalue weighted by Gasteiger charge is 2.04. The Morgan fingerprint density at radius 3 is 2.25 bits per heavy atom. The van der Waals surface area contributed by atoms with E-state index in [0.29, 0.717) is 5.56 Å². The molecule has 0 saturated heterocycles. The summed E-state index contributed by atoms with van der Waals surface area (Å²) in [5, 5.41) is 2.57. The summed E-state index contributed by atoms with van der Waals surface area (Å²) in [4.78, 5) is 11.3. The molecule has 2 nitrogen and oxygen atoms in total. The van der Waals surface area contributed by atoms with Crippen molar-refractivity contribution in [3.63, 3.8) is 0 Å². The lowest BCUT2D eigenvalue weighted by Gasteiger charge is -2.04. The van der Waals surface area contributed by atoms with Crippen LogP contribution in [0.5, 0.6) is 0 Å². The Hall–Kier alpha value is -1.48. The number of carbonyl (C=O) groups excluding carboxylic acids is 1. The van der Waals surface area contributed by atoms with Crippen LogP contribution >= 0.6 is 12.6 Å². The van der Waals surface area contributed by atoms with E-state index in [2.05, 4.69) is 31.1 Å². The lowest BCUT2D eigenvalue weighted by Crippen LogP contribution is -2.17.